The average molecular weight is 261 g/mol. The molecule has 1 unspecified atom stereocenters. The fraction of sp³-hybridized carbons (Fsp3) is 0.333. The molecule has 0 spiro atoms. The highest BCUT2D eigenvalue weighted by atomic mass is 32.1. The first-order chi connectivity index (χ1) is 8.67. The van der Waals surface area contributed by atoms with Gasteiger partial charge in [-0.05, 0) is 49.5 Å². The molecule has 0 saturated carbocycles. The minimum atomic E-state index is 0.187. The summed E-state index contributed by atoms with van der Waals surface area (Å²) in [6.07, 6.45) is 0. The van der Waals surface area contributed by atoms with Gasteiger partial charge in [0.1, 0.15) is 5.75 Å². The number of nitrogens with one attached hydrogen (secondary N) is 1. The first-order valence-corrected chi connectivity index (χ1v) is 6.91. The zero-order chi connectivity index (χ0) is 13.1. The lowest BCUT2D eigenvalue weighted by Gasteiger charge is -2.20. The van der Waals surface area contributed by atoms with Crippen molar-refractivity contribution in [3.8, 4) is 5.75 Å². The van der Waals surface area contributed by atoms with Crippen molar-refractivity contribution >= 4 is 11.3 Å². The van der Waals surface area contributed by atoms with E-state index in [1.54, 1.807) is 18.4 Å². The van der Waals surface area contributed by atoms with Crippen LogP contribution < -0.4 is 10.1 Å². The van der Waals surface area contributed by atoms with E-state index < -0.39 is 0 Å². The average Bonchev–Trinajstić information content (AvgIpc) is 2.78. The van der Waals surface area contributed by atoms with Crippen LogP contribution in [-0.4, -0.2) is 14.2 Å². The third kappa shape index (κ3) is 2.42. The molecule has 1 atom stereocenters. The number of hydrogen-bond donors (Lipinski definition) is 1. The van der Waals surface area contributed by atoms with Crippen molar-refractivity contribution < 1.29 is 4.74 Å². The number of thiophene rings is 1. The van der Waals surface area contributed by atoms with Gasteiger partial charge in [0.25, 0.3) is 0 Å². The third-order valence-corrected chi connectivity index (χ3v) is 4.06. The van der Waals surface area contributed by atoms with Crippen molar-refractivity contribution in [3.05, 3.63) is 51.2 Å². The summed E-state index contributed by atoms with van der Waals surface area (Å²) in [4.78, 5) is 1.34. The zero-order valence-corrected chi connectivity index (χ0v) is 12.1. The van der Waals surface area contributed by atoms with Crippen LogP contribution >= 0.6 is 11.3 Å². The van der Waals surface area contributed by atoms with Crippen molar-refractivity contribution in [2.45, 2.75) is 19.9 Å². The highest BCUT2D eigenvalue weighted by molar-refractivity contribution is 7.10. The first kappa shape index (κ1) is 13.1. The van der Waals surface area contributed by atoms with Crippen LogP contribution in [0.1, 0.15) is 27.6 Å². The van der Waals surface area contributed by atoms with Gasteiger partial charge in [0.2, 0.25) is 0 Å². The summed E-state index contributed by atoms with van der Waals surface area (Å²) >= 11 is 1.78. The number of benzene rings is 1. The first-order valence-electron chi connectivity index (χ1n) is 6.03. The Morgan fingerprint density at radius 2 is 1.94 bits per heavy atom. The molecule has 0 aliphatic heterocycles. The van der Waals surface area contributed by atoms with Crippen LogP contribution in [0.3, 0.4) is 0 Å². The minimum absolute atomic E-state index is 0.187. The van der Waals surface area contributed by atoms with Gasteiger partial charge in [0.05, 0.1) is 13.2 Å². The SMILES string of the molecule is CNC(c1ccc(C)cc1OC)c1ccsc1C. The van der Waals surface area contributed by atoms with Gasteiger partial charge in [-0.15, -0.1) is 11.3 Å². The predicted octanol–water partition coefficient (Wildman–Crippen LogP) is 3.68. The second kappa shape index (κ2) is 5.55. The molecule has 1 heterocycles. The van der Waals surface area contributed by atoms with E-state index in [0.717, 1.165) is 5.75 Å². The number of methoxy groups -OCH3 is 1. The molecule has 2 rings (SSSR count). The lowest BCUT2D eigenvalue weighted by molar-refractivity contribution is 0.405. The maximum absolute atomic E-state index is 5.51. The zero-order valence-electron chi connectivity index (χ0n) is 11.3. The Hall–Kier alpha value is -1.32. The van der Waals surface area contributed by atoms with Crippen LogP contribution in [0.5, 0.6) is 5.75 Å². The largest absolute Gasteiger partial charge is 0.496 e. The predicted molar refractivity (Wildman–Crippen MR) is 77.7 cm³/mol. The number of ether oxygens (including phenoxy) is 1. The van der Waals surface area contributed by atoms with Gasteiger partial charge in [-0.2, -0.15) is 0 Å². The number of hydrogen-bond acceptors (Lipinski definition) is 3. The van der Waals surface area contributed by atoms with Crippen molar-refractivity contribution in [2.75, 3.05) is 14.2 Å². The normalized spacial score (nSPS) is 12.4. The van der Waals surface area contributed by atoms with Crippen LogP contribution in [0.2, 0.25) is 0 Å². The summed E-state index contributed by atoms with van der Waals surface area (Å²) in [6, 6.07) is 8.73. The molecular weight excluding hydrogens is 242 g/mol. The molecule has 96 valence electrons. The molecule has 2 aromatic rings. The Kier molecular flexibility index (Phi) is 4.04. The fourth-order valence-corrected chi connectivity index (χ4v) is 2.97. The summed E-state index contributed by atoms with van der Waals surface area (Å²) in [7, 11) is 3.71. The molecule has 1 aromatic carbocycles. The monoisotopic (exact) mass is 261 g/mol. The summed E-state index contributed by atoms with van der Waals surface area (Å²) in [6.45, 7) is 4.24. The summed E-state index contributed by atoms with van der Waals surface area (Å²) in [5.74, 6) is 0.944. The second-order valence-corrected chi connectivity index (χ2v) is 5.52. The van der Waals surface area contributed by atoms with Crippen molar-refractivity contribution in [1.29, 1.82) is 0 Å². The van der Waals surface area contributed by atoms with E-state index in [1.165, 1.54) is 21.6 Å². The highest BCUT2D eigenvalue weighted by Gasteiger charge is 2.18. The Balaban J connectivity index is 2.48. The van der Waals surface area contributed by atoms with E-state index in [2.05, 4.69) is 48.8 Å². The molecule has 0 aliphatic carbocycles. The third-order valence-electron chi connectivity index (χ3n) is 3.20. The van der Waals surface area contributed by atoms with Gasteiger partial charge < -0.3 is 10.1 Å². The number of aryl methyl sites for hydroxylation is 2. The van der Waals surface area contributed by atoms with Crippen molar-refractivity contribution in [2.24, 2.45) is 0 Å². The topological polar surface area (TPSA) is 21.3 Å². The summed E-state index contributed by atoms with van der Waals surface area (Å²) < 4.78 is 5.51. The van der Waals surface area contributed by atoms with Crippen molar-refractivity contribution in [3.63, 3.8) is 0 Å². The van der Waals surface area contributed by atoms with Gasteiger partial charge in [0.15, 0.2) is 0 Å². The number of rotatable bonds is 4. The van der Waals surface area contributed by atoms with Gasteiger partial charge in [0, 0.05) is 10.4 Å². The lowest BCUT2D eigenvalue weighted by atomic mass is 9.97. The van der Waals surface area contributed by atoms with E-state index in [-0.39, 0.29) is 6.04 Å². The van der Waals surface area contributed by atoms with Gasteiger partial charge in [-0.1, -0.05) is 12.1 Å². The molecule has 1 N–H and O–H groups in total. The van der Waals surface area contributed by atoms with Gasteiger partial charge in [-0.25, -0.2) is 0 Å². The Bertz CT molecular complexity index is 533. The fourth-order valence-electron chi connectivity index (χ4n) is 2.23. The molecule has 0 aliphatic rings. The second-order valence-electron chi connectivity index (χ2n) is 4.40. The van der Waals surface area contributed by atoms with E-state index in [9.17, 15) is 0 Å². The Morgan fingerprint density at radius 3 is 2.50 bits per heavy atom. The molecule has 2 nitrogen and oxygen atoms in total. The molecule has 0 fully saturated rings. The van der Waals surface area contributed by atoms with E-state index in [1.807, 2.05) is 7.05 Å². The van der Waals surface area contributed by atoms with Crippen LogP contribution in [0.15, 0.2) is 29.6 Å². The highest BCUT2D eigenvalue weighted by Crippen LogP contribution is 2.33. The molecule has 1 aromatic heterocycles. The lowest BCUT2D eigenvalue weighted by Crippen LogP contribution is -2.18. The smallest absolute Gasteiger partial charge is 0.124 e. The minimum Gasteiger partial charge on any atom is -0.496 e. The van der Waals surface area contributed by atoms with Crippen LogP contribution in [-0.2, 0) is 0 Å². The Labute approximate surface area is 113 Å². The molecule has 0 saturated heterocycles. The van der Waals surface area contributed by atoms with Crippen LogP contribution in [0.4, 0.5) is 0 Å². The molecular formula is C15H19NOS. The van der Waals surface area contributed by atoms with Crippen molar-refractivity contribution in [1.82, 2.24) is 5.32 Å². The van der Waals surface area contributed by atoms with Gasteiger partial charge in [-0.3, -0.25) is 0 Å². The van der Waals surface area contributed by atoms with E-state index in [0.29, 0.717) is 0 Å². The van der Waals surface area contributed by atoms with E-state index in [4.69, 9.17) is 4.74 Å². The molecule has 0 amide bonds. The maximum Gasteiger partial charge on any atom is 0.124 e. The quantitative estimate of drug-likeness (QED) is 0.906. The molecule has 18 heavy (non-hydrogen) atoms. The van der Waals surface area contributed by atoms with E-state index >= 15 is 0 Å². The molecule has 0 bridgehead atoms. The summed E-state index contributed by atoms with van der Waals surface area (Å²) in [5.41, 5.74) is 3.73. The van der Waals surface area contributed by atoms with Crippen LogP contribution in [0.25, 0.3) is 0 Å². The summed E-state index contributed by atoms with van der Waals surface area (Å²) in [5, 5.41) is 5.52. The van der Waals surface area contributed by atoms with Gasteiger partial charge >= 0.3 is 0 Å². The molecule has 0 radical (unpaired) electrons. The molecule has 3 heteroatoms. The van der Waals surface area contributed by atoms with Crippen LogP contribution in [0, 0.1) is 13.8 Å². The maximum atomic E-state index is 5.51. The standard InChI is InChI=1S/C15H19NOS/c1-10-5-6-13(14(9-10)17-4)15(16-3)12-7-8-18-11(12)2/h5-9,15-16H,1-4H3. The Morgan fingerprint density at radius 1 is 1.17 bits per heavy atom.